The molecule has 0 aliphatic heterocycles. The lowest BCUT2D eigenvalue weighted by atomic mass is 9.85. The number of nitrogens with zero attached hydrogens (tertiary/aromatic N) is 1. The third-order valence-electron chi connectivity index (χ3n) is 6.86. The molecule has 3 aromatic rings. The number of amides is 1. The molecule has 34 heavy (non-hydrogen) atoms. The van der Waals surface area contributed by atoms with Crippen molar-refractivity contribution in [3.05, 3.63) is 81.8 Å². The van der Waals surface area contributed by atoms with Gasteiger partial charge in [-0.05, 0) is 55.7 Å². The zero-order chi connectivity index (χ0) is 23.5. The van der Waals surface area contributed by atoms with Crippen LogP contribution in [-0.2, 0) is 24.1 Å². The van der Waals surface area contributed by atoms with E-state index in [2.05, 4.69) is 15.3 Å². The average molecular weight is 461 g/mol. The van der Waals surface area contributed by atoms with Crippen molar-refractivity contribution in [2.45, 2.75) is 63.7 Å². The molecule has 2 heterocycles. The molecule has 1 radical (unpaired) electrons. The lowest BCUT2D eigenvalue weighted by Crippen LogP contribution is -2.19. The number of rotatable bonds is 7. The highest BCUT2D eigenvalue weighted by Crippen LogP contribution is 2.49. The molecular weight excluding hydrogens is 430 g/mol. The quantitative estimate of drug-likeness (QED) is 0.475. The SMILES string of the molecule is O=C([CH]Cc1c[nH]cn1)Nc1cccc([C@H](c2c(O)c3c(oc2=O)CCCCCC3)C2CC2)c1. The van der Waals surface area contributed by atoms with Crippen LogP contribution in [0.5, 0.6) is 5.75 Å². The number of nitrogens with one attached hydrogen (secondary N) is 2. The highest BCUT2D eigenvalue weighted by molar-refractivity contribution is 5.97. The van der Waals surface area contributed by atoms with Crippen molar-refractivity contribution in [1.29, 1.82) is 0 Å². The van der Waals surface area contributed by atoms with Crippen LogP contribution in [-0.4, -0.2) is 21.0 Å². The van der Waals surface area contributed by atoms with Gasteiger partial charge >= 0.3 is 5.63 Å². The Labute approximate surface area is 198 Å². The van der Waals surface area contributed by atoms with Crippen molar-refractivity contribution >= 4 is 11.6 Å². The van der Waals surface area contributed by atoms with Crippen LogP contribution >= 0.6 is 0 Å². The summed E-state index contributed by atoms with van der Waals surface area (Å²) in [6.45, 7) is 0. The van der Waals surface area contributed by atoms with Crippen LogP contribution in [0.1, 0.15) is 72.6 Å². The molecule has 3 N–H and O–H groups in total. The van der Waals surface area contributed by atoms with Crippen LogP contribution in [0.25, 0.3) is 0 Å². The molecule has 0 unspecified atom stereocenters. The van der Waals surface area contributed by atoms with Crippen LogP contribution in [0.4, 0.5) is 5.69 Å². The zero-order valence-corrected chi connectivity index (χ0v) is 19.2. The molecule has 0 spiro atoms. The van der Waals surface area contributed by atoms with E-state index in [1.165, 1.54) is 0 Å². The molecule has 5 rings (SSSR count). The number of aromatic nitrogens is 2. The van der Waals surface area contributed by atoms with Crippen LogP contribution in [0.3, 0.4) is 0 Å². The third-order valence-corrected chi connectivity index (χ3v) is 6.86. The first-order valence-electron chi connectivity index (χ1n) is 12.2. The number of benzene rings is 1. The molecule has 0 saturated heterocycles. The molecule has 2 aliphatic carbocycles. The van der Waals surface area contributed by atoms with E-state index >= 15 is 0 Å². The van der Waals surface area contributed by atoms with Crippen LogP contribution in [0.15, 0.2) is 46.0 Å². The average Bonchev–Trinajstić information content (AvgIpc) is 3.50. The van der Waals surface area contributed by atoms with Gasteiger partial charge < -0.3 is 19.8 Å². The fourth-order valence-electron chi connectivity index (χ4n) is 5.00. The summed E-state index contributed by atoms with van der Waals surface area (Å²) in [5.74, 6) is 0.571. The van der Waals surface area contributed by atoms with Gasteiger partial charge in [-0.2, -0.15) is 0 Å². The minimum Gasteiger partial charge on any atom is -0.507 e. The van der Waals surface area contributed by atoms with Gasteiger partial charge in [0.25, 0.3) is 0 Å². The standard InChI is InChI=1S/C27H30N3O4/c31-23(13-12-20-15-28-16-29-20)30-19-7-5-6-18(14-19)24(17-10-11-17)25-26(32)21-8-3-1-2-4-9-22(21)34-27(25)33/h5-7,13-17,24,32H,1-4,8-12H2,(H,28,29)(H,30,31)/t24-/m1/s1. The molecule has 7 nitrogen and oxygen atoms in total. The molecule has 2 aliphatic rings. The second-order valence-corrected chi connectivity index (χ2v) is 9.37. The lowest BCUT2D eigenvalue weighted by molar-refractivity contribution is -0.113. The van der Waals surface area contributed by atoms with E-state index in [0.29, 0.717) is 29.9 Å². The Morgan fingerprint density at radius 2 is 2.06 bits per heavy atom. The second kappa shape index (κ2) is 9.87. The number of imidazole rings is 1. The van der Waals surface area contributed by atoms with Crippen molar-refractivity contribution in [2.75, 3.05) is 5.32 Å². The molecule has 2 aromatic heterocycles. The monoisotopic (exact) mass is 460 g/mol. The first kappa shape index (κ1) is 22.4. The summed E-state index contributed by atoms with van der Waals surface area (Å²) >= 11 is 0. The number of anilines is 1. The van der Waals surface area contributed by atoms with E-state index < -0.39 is 5.63 Å². The Morgan fingerprint density at radius 3 is 2.82 bits per heavy atom. The van der Waals surface area contributed by atoms with E-state index in [-0.39, 0.29) is 23.5 Å². The molecule has 7 heteroatoms. The number of aromatic amines is 1. The number of H-pyrrole nitrogens is 1. The molecule has 0 bridgehead atoms. The molecule has 1 amide bonds. The van der Waals surface area contributed by atoms with Gasteiger partial charge in [-0.3, -0.25) is 4.79 Å². The summed E-state index contributed by atoms with van der Waals surface area (Å²) < 4.78 is 5.79. The molecule has 1 fully saturated rings. The lowest BCUT2D eigenvalue weighted by Gasteiger charge is -2.22. The fourth-order valence-corrected chi connectivity index (χ4v) is 5.00. The molecular formula is C27H30N3O4. The molecule has 1 atom stereocenters. The first-order valence-corrected chi connectivity index (χ1v) is 12.2. The van der Waals surface area contributed by atoms with Gasteiger partial charge in [-0.15, -0.1) is 0 Å². The number of carbonyl (C=O) groups is 1. The van der Waals surface area contributed by atoms with Crippen LogP contribution < -0.4 is 10.9 Å². The second-order valence-electron chi connectivity index (χ2n) is 9.37. The minimum atomic E-state index is -0.435. The highest BCUT2D eigenvalue weighted by Gasteiger charge is 2.38. The van der Waals surface area contributed by atoms with Gasteiger partial charge in [0.1, 0.15) is 11.5 Å². The Bertz CT molecular complexity index is 1210. The summed E-state index contributed by atoms with van der Waals surface area (Å²) in [5.41, 5.74) is 3.09. The summed E-state index contributed by atoms with van der Waals surface area (Å²) in [6.07, 6.45) is 12.9. The van der Waals surface area contributed by atoms with E-state index in [9.17, 15) is 14.7 Å². The summed E-state index contributed by atoms with van der Waals surface area (Å²) in [5, 5.41) is 14.2. The number of hydrogen-bond acceptors (Lipinski definition) is 5. The maximum Gasteiger partial charge on any atom is 0.343 e. The smallest absolute Gasteiger partial charge is 0.343 e. The number of aryl methyl sites for hydroxylation is 1. The van der Waals surface area contributed by atoms with E-state index in [1.54, 1.807) is 18.9 Å². The topological polar surface area (TPSA) is 108 Å². The van der Waals surface area contributed by atoms with E-state index in [4.69, 9.17) is 4.42 Å². The van der Waals surface area contributed by atoms with Gasteiger partial charge in [0, 0.05) is 36.2 Å². The third kappa shape index (κ3) is 4.93. The van der Waals surface area contributed by atoms with Gasteiger partial charge in [0.05, 0.1) is 24.0 Å². The van der Waals surface area contributed by atoms with Crippen molar-refractivity contribution in [2.24, 2.45) is 5.92 Å². The van der Waals surface area contributed by atoms with Crippen molar-refractivity contribution in [3.8, 4) is 5.75 Å². The van der Waals surface area contributed by atoms with Crippen LogP contribution in [0.2, 0.25) is 0 Å². The van der Waals surface area contributed by atoms with Gasteiger partial charge in [0.15, 0.2) is 0 Å². The predicted molar refractivity (Wildman–Crippen MR) is 129 cm³/mol. The maximum absolute atomic E-state index is 13.1. The number of hydrogen-bond donors (Lipinski definition) is 3. The van der Waals surface area contributed by atoms with Gasteiger partial charge in [-0.25, -0.2) is 9.78 Å². The van der Waals surface area contributed by atoms with Crippen LogP contribution in [0, 0.1) is 12.3 Å². The molecule has 1 saturated carbocycles. The highest BCUT2D eigenvalue weighted by atomic mass is 16.4. The maximum atomic E-state index is 13.1. The normalized spacial score (nSPS) is 16.8. The predicted octanol–water partition coefficient (Wildman–Crippen LogP) is 4.65. The summed E-state index contributed by atoms with van der Waals surface area (Å²) in [4.78, 5) is 32.5. The summed E-state index contributed by atoms with van der Waals surface area (Å²) in [6, 6.07) is 7.57. The van der Waals surface area contributed by atoms with Gasteiger partial charge in [0.2, 0.25) is 5.91 Å². The Hall–Kier alpha value is -3.35. The summed E-state index contributed by atoms with van der Waals surface area (Å²) in [7, 11) is 0. The largest absolute Gasteiger partial charge is 0.507 e. The van der Waals surface area contributed by atoms with E-state index in [0.717, 1.165) is 61.8 Å². The van der Waals surface area contributed by atoms with Crippen molar-refractivity contribution < 1.29 is 14.3 Å². The van der Waals surface area contributed by atoms with E-state index in [1.807, 2.05) is 24.3 Å². The Balaban J connectivity index is 1.41. The zero-order valence-electron chi connectivity index (χ0n) is 19.2. The van der Waals surface area contributed by atoms with Gasteiger partial charge in [-0.1, -0.05) is 25.0 Å². The van der Waals surface area contributed by atoms with Crippen molar-refractivity contribution in [3.63, 3.8) is 0 Å². The fraction of sp³-hybridized carbons (Fsp3) is 0.407. The number of carbonyl (C=O) groups excluding carboxylic acids is 1. The number of fused-ring (bicyclic) bond motifs is 1. The number of aromatic hydroxyl groups is 1. The first-order chi connectivity index (χ1) is 16.6. The Kier molecular flexibility index (Phi) is 6.52. The molecule has 1 aromatic carbocycles. The minimum absolute atomic E-state index is 0.117. The Morgan fingerprint density at radius 1 is 1.24 bits per heavy atom. The molecule has 177 valence electrons. The van der Waals surface area contributed by atoms with Crippen molar-refractivity contribution in [1.82, 2.24) is 9.97 Å².